The molecule has 2 rings (SSSR count). The first kappa shape index (κ1) is 22.0. The molecule has 0 unspecified atom stereocenters. The minimum atomic E-state index is -0.484. The van der Waals surface area contributed by atoms with Gasteiger partial charge in [-0.1, -0.05) is 36.8 Å². The van der Waals surface area contributed by atoms with E-state index in [0.29, 0.717) is 12.8 Å². The van der Waals surface area contributed by atoms with Gasteiger partial charge in [0.25, 0.3) is 0 Å². The quantitative estimate of drug-likeness (QED) is 0.537. The summed E-state index contributed by atoms with van der Waals surface area (Å²) in [7, 11) is -0.437. The highest BCUT2D eigenvalue weighted by atomic mass is 16.7. The largest absolute Gasteiger partial charge is 0.468 e. The third-order valence-electron chi connectivity index (χ3n) is 5.75. The van der Waals surface area contributed by atoms with E-state index in [1.165, 1.54) is 5.56 Å². The summed E-state index contributed by atoms with van der Waals surface area (Å²) < 4.78 is 18.3. The molecule has 1 fully saturated rings. The van der Waals surface area contributed by atoms with Gasteiger partial charge in [0.15, 0.2) is 0 Å². The number of carbonyl (C=O) groups excluding carboxylic acids is 1. The summed E-state index contributed by atoms with van der Waals surface area (Å²) in [5.41, 5.74) is 0.976. The van der Waals surface area contributed by atoms with E-state index >= 15 is 0 Å². The molecule has 0 aliphatic carbocycles. The van der Waals surface area contributed by atoms with Crippen molar-refractivity contribution in [2.24, 2.45) is 0 Å². The van der Waals surface area contributed by atoms with Gasteiger partial charge in [-0.15, -0.1) is 0 Å². The molecular formula is C22H35BO4. The summed E-state index contributed by atoms with van der Waals surface area (Å²) in [4.78, 5) is 12.4. The second-order valence-corrected chi connectivity index (χ2v) is 9.96. The molecular weight excluding hydrogens is 339 g/mol. The molecule has 1 atom stereocenters. The molecule has 1 saturated heterocycles. The first-order valence-electron chi connectivity index (χ1n) is 9.81. The monoisotopic (exact) mass is 374 g/mol. The van der Waals surface area contributed by atoms with Crippen molar-refractivity contribution in [3.8, 4) is 0 Å². The average Bonchev–Trinajstić information content (AvgIpc) is 2.72. The summed E-state index contributed by atoms with van der Waals surface area (Å²) in [5, 5.41) is -0.463. The van der Waals surface area contributed by atoms with E-state index < -0.39 is 29.2 Å². The first-order valence-corrected chi connectivity index (χ1v) is 9.81. The fourth-order valence-corrected chi connectivity index (χ4v) is 3.19. The predicted molar refractivity (Wildman–Crippen MR) is 110 cm³/mol. The normalized spacial score (nSPS) is 21.0. The summed E-state index contributed by atoms with van der Waals surface area (Å²) in [6.07, 6.45) is 0.896. The molecule has 27 heavy (non-hydrogen) atoms. The van der Waals surface area contributed by atoms with Crippen LogP contribution in [0.4, 0.5) is 0 Å². The molecule has 0 N–H and O–H groups in total. The molecule has 150 valence electrons. The lowest BCUT2D eigenvalue weighted by molar-refractivity contribution is -0.155. The molecule has 1 aromatic rings. The zero-order valence-corrected chi connectivity index (χ0v) is 18.4. The van der Waals surface area contributed by atoms with Crippen LogP contribution in [-0.2, 0) is 24.2 Å². The van der Waals surface area contributed by atoms with Crippen molar-refractivity contribution in [1.29, 1.82) is 0 Å². The molecule has 1 aromatic carbocycles. The molecule has 0 aromatic heterocycles. The van der Waals surface area contributed by atoms with E-state index in [2.05, 4.69) is 65.8 Å². The maximum absolute atomic E-state index is 12.4. The number of benzene rings is 1. The summed E-state index contributed by atoms with van der Waals surface area (Å²) in [6.45, 7) is 18.1. The van der Waals surface area contributed by atoms with Gasteiger partial charge in [0.2, 0.25) is 0 Å². The predicted octanol–water partition coefficient (Wildman–Crippen LogP) is 5.01. The molecule has 0 bridgehead atoms. The van der Waals surface area contributed by atoms with Crippen LogP contribution in [0.1, 0.15) is 79.4 Å². The number of aryl methyl sites for hydroxylation is 1. The SMILES string of the molecule is Cc1ccc([C@@](C)(CCC(=O)OC(C)(C)C)B2OC(C)(C)C(C)(C)O2)cc1. The smallest absolute Gasteiger partial charge is 0.460 e. The standard InChI is InChI=1S/C22H35BO4/c1-16-10-12-17(13-11-16)22(9,15-14-18(24)25-19(2,3)4)23-26-20(5,6)21(7,8)27-23/h10-13H,14-15H2,1-9H3/t22-/m1/s1. The minimum Gasteiger partial charge on any atom is -0.460 e. The number of hydrogen-bond acceptors (Lipinski definition) is 4. The van der Waals surface area contributed by atoms with Gasteiger partial charge in [0.05, 0.1) is 11.2 Å². The van der Waals surface area contributed by atoms with E-state index in [1.807, 2.05) is 20.8 Å². The maximum atomic E-state index is 12.4. The van der Waals surface area contributed by atoms with Crippen molar-refractivity contribution in [2.75, 3.05) is 0 Å². The Hall–Kier alpha value is -1.33. The van der Waals surface area contributed by atoms with E-state index in [-0.39, 0.29) is 5.97 Å². The Kier molecular flexibility index (Phi) is 5.90. The van der Waals surface area contributed by atoms with E-state index in [1.54, 1.807) is 0 Å². The van der Waals surface area contributed by atoms with Crippen LogP contribution in [-0.4, -0.2) is 29.9 Å². The van der Waals surface area contributed by atoms with Crippen LogP contribution < -0.4 is 0 Å². The second-order valence-electron chi connectivity index (χ2n) is 9.96. The van der Waals surface area contributed by atoms with Gasteiger partial charge in [0.1, 0.15) is 5.60 Å². The average molecular weight is 374 g/mol. The topological polar surface area (TPSA) is 44.8 Å². The van der Waals surface area contributed by atoms with E-state index in [0.717, 1.165) is 5.56 Å². The number of ether oxygens (including phenoxy) is 1. The highest BCUT2D eigenvalue weighted by Gasteiger charge is 2.58. The van der Waals surface area contributed by atoms with Crippen molar-refractivity contribution >= 4 is 13.1 Å². The molecule has 0 amide bonds. The molecule has 0 saturated carbocycles. The van der Waals surface area contributed by atoms with Gasteiger partial charge < -0.3 is 14.0 Å². The van der Waals surface area contributed by atoms with E-state index in [4.69, 9.17) is 14.0 Å². The van der Waals surface area contributed by atoms with Gasteiger partial charge in [-0.3, -0.25) is 4.79 Å². The number of rotatable bonds is 5. The van der Waals surface area contributed by atoms with Crippen LogP contribution in [0.15, 0.2) is 24.3 Å². The van der Waals surface area contributed by atoms with Crippen molar-refractivity contribution in [2.45, 2.75) is 97.3 Å². The van der Waals surface area contributed by atoms with Crippen LogP contribution in [0.2, 0.25) is 0 Å². The highest BCUT2D eigenvalue weighted by Crippen LogP contribution is 2.45. The Morgan fingerprint density at radius 2 is 1.48 bits per heavy atom. The molecule has 0 spiro atoms. The lowest BCUT2D eigenvalue weighted by Crippen LogP contribution is -2.44. The molecule has 4 nitrogen and oxygen atoms in total. The van der Waals surface area contributed by atoms with Crippen molar-refractivity contribution in [1.82, 2.24) is 0 Å². The third kappa shape index (κ3) is 4.94. The van der Waals surface area contributed by atoms with Crippen LogP contribution in [0.5, 0.6) is 0 Å². The van der Waals surface area contributed by atoms with Crippen molar-refractivity contribution < 1.29 is 18.8 Å². The number of carbonyl (C=O) groups is 1. The minimum absolute atomic E-state index is 0.197. The van der Waals surface area contributed by atoms with Crippen LogP contribution in [0, 0.1) is 6.92 Å². The Balaban J connectivity index is 2.30. The zero-order chi connectivity index (χ0) is 20.7. The summed E-state index contributed by atoms with van der Waals surface area (Å²) in [5.74, 6) is -0.197. The summed E-state index contributed by atoms with van der Waals surface area (Å²) >= 11 is 0. The van der Waals surface area contributed by atoms with Crippen molar-refractivity contribution in [3.05, 3.63) is 35.4 Å². The number of esters is 1. The second kappa shape index (κ2) is 7.25. The summed E-state index contributed by atoms with van der Waals surface area (Å²) in [6, 6.07) is 8.39. The lowest BCUT2D eigenvalue weighted by Gasteiger charge is -2.32. The Labute approximate surface area is 165 Å². The van der Waals surface area contributed by atoms with Gasteiger partial charge in [-0.05, 0) is 67.4 Å². The van der Waals surface area contributed by atoms with Crippen molar-refractivity contribution in [3.63, 3.8) is 0 Å². The zero-order valence-electron chi connectivity index (χ0n) is 18.4. The Morgan fingerprint density at radius 3 is 1.93 bits per heavy atom. The first-order chi connectivity index (χ1) is 12.2. The van der Waals surface area contributed by atoms with Gasteiger partial charge in [-0.2, -0.15) is 0 Å². The Bertz CT molecular complexity index is 657. The van der Waals surface area contributed by atoms with Crippen LogP contribution in [0.3, 0.4) is 0 Å². The van der Waals surface area contributed by atoms with Crippen LogP contribution >= 0.6 is 0 Å². The van der Waals surface area contributed by atoms with E-state index in [9.17, 15) is 4.79 Å². The van der Waals surface area contributed by atoms with Crippen LogP contribution in [0.25, 0.3) is 0 Å². The molecule has 1 aliphatic rings. The number of hydrogen-bond donors (Lipinski definition) is 0. The Morgan fingerprint density at radius 1 is 1.00 bits per heavy atom. The molecule has 1 heterocycles. The van der Waals surface area contributed by atoms with Gasteiger partial charge in [0, 0.05) is 11.7 Å². The fraction of sp³-hybridized carbons (Fsp3) is 0.682. The lowest BCUT2D eigenvalue weighted by atomic mass is 9.53. The molecule has 5 heteroatoms. The maximum Gasteiger partial charge on any atom is 0.468 e. The van der Waals surface area contributed by atoms with Gasteiger partial charge >= 0.3 is 13.1 Å². The van der Waals surface area contributed by atoms with Gasteiger partial charge in [-0.25, -0.2) is 0 Å². The fourth-order valence-electron chi connectivity index (χ4n) is 3.19. The third-order valence-corrected chi connectivity index (χ3v) is 5.75. The highest BCUT2D eigenvalue weighted by molar-refractivity contribution is 6.49. The molecule has 0 radical (unpaired) electrons. The molecule has 1 aliphatic heterocycles.